The summed E-state index contributed by atoms with van der Waals surface area (Å²) in [6.07, 6.45) is 1.06. The summed E-state index contributed by atoms with van der Waals surface area (Å²) in [6, 6.07) is 15.1. The molecule has 1 aromatic heterocycles. The largest absolute Gasteiger partial charge is 0.497 e. The van der Waals surface area contributed by atoms with Crippen molar-refractivity contribution in [1.29, 1.82) is 0 Å². The van der Waals surface area contributed by atoms with Gasteiger partial charge >= 0.3 is 0 Å². The van der Waals surface area contributed by atoms with Crippen LogP contribution in [0.5, 0.6) is 5.75 Å². The van der Waals surface area contributed by atoms with E-state index < -0.39 is 0 Å². The lowest BCUT2D eigenvalue weighted by molar-refractivity contribution is -0.116. The van der Waals surface area contributed by atoms with Crippen LogP contribution in [0.1, 0.15) is 17.8 Å². The number of amides is 1. The van der Waals surface area contributed by atoms with Gasteiger partial charge in [0.15, 0.2) is 5.82 Å². The maximum atomic E-state index is 12.2. The molecule has 0 aliphatic carbocycles. The van der Waals surface area contributed by atoms with Crippen molar-refractivity contribution in [2.24, 2.45) is 0 Å². The summed E-state index contributed by atoms with van der Waals surface area (Å²) < 4.78 is 10.3. The SMILES string of the molecule is COc1ccc(CCC(=O)Nc2cccc(-c3nc(C)no3)c2)cc1. The summed E-state index contributed by atoms with van der Waals surface area (Å²) in [5.74, 6) is 1.77. The number of carbonyl (C=O) groups is 1. The minimum absolute atomic E-state index is 0.0466. The van der Waals surface area contributed by atoms with Crippen LogP contribution < -0.4 is 10.1 Å². The summed E-state index contributed by atoms with van der Waals surface area (Å²) >= 11 is 0. The van der Waals surface area contributed by atoms with Gasteiger partial charge in [0.1, 0.15) is 5.75 Å². The zero-order valence-electron chi connectivity index (χ0n) is 14.2. The highest BCUT2D eigenvalue weighted by Crippen LogP contribution is 2.21. The van der Waals surface area contributed by atoms with Gasteiger partial charge in [-0.1, -0.05) is 23.4 Å². The summed E-state index contributed by atoms with van der Waals surface area (Å²) in [7, 11) is 1.63. The van der Waals surface area contributed by atoms with E-state index >= 15 is 0 Å². The third kappa shape index (κ3) is 4.44. The molecule has 0 radical (unpaired) electrons. The van der Waals surface area contributed by atoms with Gasteiger partial charge in [0.25, 0.3) is 5.89 Å². The van der Waals surface area contributed by atoms with Crippen molar-refractivity contribution in [3.63, 3.8) is 0 Å². The van der Waals surface area contributed by atoms with Gasteiger partial charge in [-0.3, -0.25) is 4.79 Å². The molecule has 6 nitrogen and oxygen atoms in total. The van der Waals surface area contributed by atoms with Crippen molar-refractivity contribution < 1.29 is 14.1 Å². The molecule has 0 aliphatic heterocycles. The van der Waals surface area contributed by atoms with Crippen LogP contribution >= 0.6 is 0 Å². The molecular weight excluding hydrogens is 318 g/mol. The molecule has 0 spiro atoms. The van der Waals surface area contributed by atoms with Gasteiger partial charge in [0.2, 0.25) is 5.91 Å². The van der Waals surface area contributed by atoms with Crippen LogP contribution in [-0.4, -0.2) is 23.2 Å². The van der Waals surface area contributed by atoms with Crippen LogP contribution in [0, 0.1) is 6.92 Å². The second-order valence-corrected chi connectivity index (χ2v) is 5.62. The zero-order valence-corrected chi connectivity index (χ0v) is 14.2. The van der Waals surface area contributed by atoms with E-state index in [-0.39, 0.29) is 5.91 Å². The van der Waals surface area contributed by atoms with Crippen LogP contribution in [0.15, 0.2) is 53.1 Å². The van der Waals surface area contributed by atoms with Crippen LogP contribution in [0.2, 0.25) is 0 Å². The second-order valence-electron chi connectivity index (χ2n) is 5.62. The van der Waals surface area contributed by atoms with Crippen LogP contribution in [0.4, 0.5) is 5.69 Å². The Morgan fingerprint density at radius 2 is 2.00 bits per heavy atom. The lowest BCUT2D eigenvalue weighted by Gasteiger charge is -2.07. The molecule has 0 saturated heterocycles. The van der Waals surface area contributed by atoms with Crippen LogP contribution in [0.3, 0.4) is 0 Å². The van der Waals surface area contributed by atoms with Gasteiger partial charge in [-0.05, 0) is 49.2 Å². The van der Waals surface area contributed by atoms with E-state index in [9.17, 15) is 4.79 Å². The Hall–Kier alpha value is -3.15. The van der Waals surface area contributed by atoms with Gasteiger partial charge in [-0.2, -0.15) is 4.98 Å². The summed E-state index contributed by atoms with van der Waals surface area (Å²) in [5, 5.41) is 6.67. The van der Waals surface area contributed by atoms with Crippen LogP contribution in [0.25, 0.3) is 11.5 Å². The van der Waals surface area contributed by atoms with E-state index in [4.69, 9.17) is 9.26 Å². The number of aryl methyl sites for hydroxylation is 2. The molecule has 25 heavy (non-hydrogen) atoms. The molecule has 3 rings (SSSR count). The highest BCUT2D eigenvalue weighted by atomic mass is 16.5. The fraction of sp³-hybridized carbons (Fsp3) is 0.211. The lowest BCUT2D eigenvalue weighted by Crippen LogP contribution is -2.12. The number of benzene rings is 2. The predicted octanol–water partition coefficient (Wildman–Crippen LogP) is 3.62. The third-order valence-electron chi connectivity index (χ3n) is 3.72. The number of nitrogens with one attached hydrogen (secondary N) is 1. The van der Waals surface area contributed by atoms with Crippen molar-refractivity contribution in [3.8, 4) is 17.2 Å². The first kappa shape index (κ1) is 16.7. The summed E-state index contributed by atoms with van der Waals surface area (Å²) in [6.45, 7) is 1.76. The maximum Gasteiger partial charge on any atom is 0.257 e. The van der Waals surface area contributed by atoms with Gasteiger partial charge in [0.05, 0.1) is 7.11 Å². The number of carbonyl (C=O) groups excluding carboxylic acids is 1. The standard InChI is InChI=1S/C19H19N3O3/c1-13-20-19(25-22-13)15-4-3-5-16(12-15)21-18(23)11-8-14-6-9-17(24-2)10-7-14/h3-7,9-10,12H,8,11H2,1-2H3,(H,21,23). The van der Waals surface area contributed by atoms with Crippen molar-refractivity contribution in [2.45, 2.75) is 19.8 Å². The van der Waals surface area contributed by atoms with E-state index in [0.29, 0.717) is 30.2 Å². The van der Waals surface area contributed by atoms with Gasteiger partial charge in [0, 0.05) is 17.7 Å². The molecule has 0 fully saturated rings. The molecule has 2 aromatic carbocycles. The molecule has 0 bridgehead atoms. The molecule has 1 N–H and O–H groups in total. The second kappa shape index (κ2) is 7.61. The Bertz CT molecular complexity index is 856. The van der Waals surface area contributed by atoms with E-state index in [2.05, 4.69) is 15.5 Å². The molecule has 0 saturated carbocycles. The van der Waals surface area contributed by atoms with E-state index in [1.54, 1.807) is 14.0 Å². The minimum Gasteiger partial charge on any atom is -0.497 e. The number of ether oxygens (including phenoxy) is 1. The maximum absolute atomic E-state index is 12.2. The number of aromatic nitrogens is 2. The number of nitrogens with zero attached hydrogens (tertiary/aromatic N) is 2. The molecule has 128 valence electrons. The number of rotatable bonds is 6. The van der Waals surface area contributed by atoms with E-state index in [1.165, 1.54) is 0 Å². The Balaban J connectivity index is 1.59. The number of hydrogen-bond acceptors (Lipinski definition) is 5. The van der Waals surface area contributed by atoms with Gasteiger partial charge in [-0.25, -0.2) is 0 Å². The van der Waals surface area contributed by atoms with E-state index in [0.717, 1.165) is 16.9 Å². The number of methoxy groups -OCH3 is 1. The molecule has 6 heteroatoms. The first-order valence-electron chi connectivity index (χ1n) is 7.97. The Labute approximate surface area is 145 Å². The Morgan fingerprint density at radius 3 is 2.68 bits per heavy atom. The van der Waals surface area contributed by atoms with Crippen LogP contribution in [-0.2, 0) is 11.2 Å². The highest BCUT2D eigenvalue weighted by molar-refractivity contribution is 5.91. The first-order valence-corrected chi connectivity index (χ1v) is 7.97. The third-order valence-corrected chi connectivity index (χ3v) is 3.72. The molecule has 1 heterocycles. The number of hydrogen-bond donors (Lipinski definition) is 1. The fourth-order valence-corrected chi connectivity index (χ4v) is 2.42. The monoisotopic (exact) mass is 337 g/mol. The lowest BCUT2D eigenvalue weighted by atomic mass is 10.1. The summed E-state index contributed by atoms with van der Waals surface area (Å²) in [5.41, 5.74) is 2.56. The van der Waals surface area contributed by atoms with Gasteiger partial charge in [-0.15, -0.1) is 0 Å². The van der Waals surface area contributed by atoms with E-state index in [1.807, 2.05) is 48.5 Å². The normalized spacial score (nSPS) is 10.5. The Morgan fingerprint density at radius 1 is 1.20 bits per heavy atom. The molecule has 1 amide bonds. The average Bonchev–Trinajstić information content (AvgIpc) is 3.07. The minimum atomic E-state index is -0.0466. The quantitative estimate of drug-likeness (QED) is 0.743. The average molecular weight is 337 g/mol. The molecular formula is C19H19N3O3. The zero-order chi connectivity index (χ0) is 17.6. The topological polar surface area (TPSA) is 77.2 Å². The van der Waals surface area contributed by atoms with Crippen molar-refractivity contribution in [2.75, 3.05) is 12.4 Å². The summed E-state index contributed by atoms with van der Waals surface area (Å²) in [4.78, 5) is 16.4. The van der Waals surface area contributed by atoms with Crippen molar-refractivity contribution in [1.82, 2.24) is 10.1 Å². The molecule has 0 atom stereocenters. The van der Waals surface area contributed by atoms with Gasteiger partial charge < -0.3 is 14.6 Å². The van der Waals surface area contributed by atoms with Crippen molar-refractivity contribution in [3.05, 3.63) is 59.9 Å². The fourth-order valence-electron chi connectivity index (χ4n) is 2.42. The smallest absolute Gasteiger partial charge is 0.257 e. The molecule has 0 aliphatic rings. The molecule has 0 unspecified atom stereocenters. The number of anilines is 1. The predicted molar refractivity (Wildman–Crippen MR) is 94.4 cm³/mol. The highest BCUT2D eigenvalue weighted by Gasteiger charge is 2.08. The van der Waals surface area contributed by atoms with Crippen molar-refractivity contribution >= 4 is 11.6 Å². The first-order chi connectivity index (χ1) is 12.1. The molecule has 3 aromatic rings. The Kier molecular flexibility index (Phi) is 5.09.